The van der Waals surface area contributed by atoms with Gasteiger partial charge in [-0.15, -0.1) is 0 Å². The van der Waals surface area contributed by atoms with Crippen LogP contribution < -0.4 is 0 Å². The molecule has 0 fully saturated rings. The second-order valence-corrected chi connectivity index (χ2v) is 10.1. The van der Waals surface area contributed by atoms with Crippen molar-refractivity contribution < 1.29 is 9.22 Å². The maximum atomic E-state index is 11.3. The molecule has 0 aromatic heterocycles. The number of aldehydes is 1. The lowest BCUT2D eigenvalue weighted by molar-refractivity contribution is -0.109. The Balaban J connectivity index is 2.75. The van der Waals surface area contributed by atoms with Crippen LogP contribution in [0.4, 0.5) is 0 Å². The van der Waals surface area contributed by atoms with Crippen LogP contribution in [-0.4, -0.2) is 21.2 Å². The molecule has 19 heavy (non-hydrogen) atoms. The van der Waals surface area contributed by atoms with Crippen molar-refractivity contribution in [2.75, 3.05) is 6.61 Å². The summed E-state index contributed by atoms with van der Waals surface area (Å²) in [6.45, 7) is 7.04. The molecule has 0 N–H and O–H groups in total. The van der Waals surface area contributed by atoms with Crippen molar-refractivity contribution in [1.82, 2.24) is 0 Å². The third kappa shape index (κ3) is 4.44. The average molecular weight is 299 g/mol. The third-order valence-electron chi connectivity index (χ3n) is 3.94. The predicted molar refractivity (Wildman–Crippen MR) is 83.4 cm³/mol. The Morgan fingerprint density at radius 3 is 2.37 bits per heavy atom. The summed E-state index contributed by atoms with van der Waals surface area (Å²) in [7, 11) is -1.63. The van der Waals surface area contributed by atoms with E-state index in [2.05, 4.69) is 20.8 Å². The molecule has 0 saturated carbocycles. The fraction of sp³-hybridized carbons (Fsp3) is 0.533. The van der Waals surface area contributed by atoms with Crippen LogP contribution in [0.1, 0.15) is 32.3 Å². The quantitative estimate of drug-likeness (QED) is 0.516. The summed E-state index contributed by atoms with van der Waals surface area (Å²) >= 11 is 5.97. The van der Waals surface area contributed by atoms with E-state index in [1.807, 2.05) is 24.3 Å². The molecule has 4 heteroatoms. The van der Waals surface area contributed by atoms with Crippen molar-refractivity contribution in [3.63, 3.8) is 0 Å². The van der Waals surface area contributed by atoms with E-state index in [1.54, 1.807) is 0 Å². The van der Waals surface area contributed by atoms with Gasteiger partial charge >= 0.3 is 0 Å². The fourth-order valence-corrected chi connectivity index (χ4v) is 5.12. The maximum Gasteiger partial charge on any atom is 0.192 e. The van der Waals surface area contributed by atoms with Crippen LogP contribution in [0.5, 0.6) is 0 Å². The standard InChI is InChI=1S/C15H23ClO2Si/c1-4-19(5-2,6-3)18-12-14(11-17)13-8-7-9-15(16)10-13/h7-11,14H,4-6,12H2,1-3H3/t14-/m1/s1. The zero-order valence-corrected chi connectivity index (χ0v) is 13.7. The first-order valence-corrected chi connectivity index (χ1v) is 9.86. The minimum Gasteiger partial charge on any atom is -0.416 e. The number of hydrogen-bond acceptors (Lipinski definition) is 2. The molecule has 0 aliphatic carbocycles. The van der Waals surface area contributed by atoms with Gasteiger partial charge in [0.1, 0.15) is 6.29 Å². The summed E-state index contributed by atoms with van der Waals surface area (Å²) < 4.78 is 6.19. The summed E-state index contributed by atoms with van der Waals surface area (Å²) in [5, 5.41) is 0.661. The highest BCUT2D eigenvalue weighted by Gasteiger charge is 2.29. The maximum absolute atomic E-state index is 11.3. The Hall–Kier alpha value is -0.643. The van der Waals surface area contributed by atoms with Crippen LogP contribution in [-0.2, 0) is 9.22 Å². The van der Waals surface area contributed by atoms with Crippen LogP contribution in [0.25, 0.3) is 0 Å². The lowest BCUT2D eigenvalue weighted by Crippen LogP contribution is -2.37. The first-order chi connectivity index (χ1) is 9.10. The summed E-state index contributed by atoms with van der Waals surface area (Å²) in [4.78, 5) is 11.3. The number of carbonyl (C=O) groups excluding carboxylic acids is 1. The molecule has 1 rings (SSSR count). The number of rotatable bonds is 8. The average Bonchev–Trinajstić information content (AvgIpc) is 2.44. The Kier molecular flexibility index (Phi) is 6.76. The minimum absolute atomic E-state index is 0.213. The molecule has 0 aliphatic rings. The molecule has 0 spiro atoms. The monoisotopic (exact) mass is 298 g/mol. The van der Waals surface area contributed by atoms with Gasteiger partial charge in [0.2, 0.25) is 0 Å². The van der Waals surface area contributed by atoms with Gasteiger partial charge in [0.05, 0.1) is 5.92 Å². The number of halogens is 1. The van der Waals surface area contributed by atoms with E-state index < -0.39 is 8.32 Å². The van der Waals surface area contributed by atoms with Crippen molar-refractivity contribution in [3.05, 3.63) is 34.9 Å². The van der Waals surface area contributed by atoms with Gasteiger partial charge in [0.15, 0.2) is 8.32 Å². The van der Waals surface area contributed by atoms with E-state index in [4.69, 9.17) is 16.0 Å². The van der Waals surface area contributed by atoms with E-state index >= 15 is 0 Å². The van der Waals surface area contributed by atoms with Crippen LogP contribution in [0.3, 0.4) is 0 Å². The third-order valence-corrected chi connectivity index (χ3v) is 8.82. The zero-order valence-electron chi connectivity index (χ0n) is 12.0. The molecule has 1 atom stereocenters. The molecule has 0 radical (unpaired) electrons. The van der Waals surface area contributed by atoms with Gasteiger partial charge in [-0.3, -0.25) is 0 Å². The van der Waals surface area contributed by atoms with Crippen molar-refractivity contribution in [2.45, 2.75) is 44.8 Å². The summed E-state index contributed by atoms with van der Waals surface area (Å²) in [5.74, 6) is -0.213. The lowest BCUT2D eigenvalue weighted by Gasteiger charge is -2.29. The van der Waals surface area contributed by atoms with Crippen LogP contribution in [0.15, 0.2) is 24.3 Å². The Bertz CT molecular complexity index is 397. The number of benzene rings is 1. The molecule has 0 bridgehead atoms. The highest BCUT2D eigenvalue weighted by molar-refractivity contribution is 6.73. The summed E-state index contributed by atoms with van der Waals surface area (Å²) in [5.41, 5.74) is 0.939. The van der Waals surface area contributed by atoms with Gasteiger partial charge in [-0.2, -0.15) is 0 Å². The fourth-order valence-electron chi connectivity index (χ4n) is 2.27. The van der Waals surface area contributed by atoms with Gasteiger partial charge in [0.25, 0.3) is 0 Å². The van der Waals surface area contributed by atoms with Gasteiger partial charge in [-0.25, -0.2) is 0 Å². The molecule has 106 valence electrons. The van der Waals surface area contributed by atoms with Gasteiger partial charge in [-0.05, 0) is 35.8 Å². The smallest absolute Gasteiger partial charge is 0.192 e. The Labute approximate surface area is 122 Å². The van der Waals surface area contributed by atoms with Crippen LogP contribution >= 0.6 is 11.6 Å². The van der Waals surface area contributed by atoms with E-state index in [-0.39, 0.29) is 5.92 Å². The molecule has 0 unspecified atom stereocenters. The zero-order chi connectivity index (χ0) is 14.3. The molecule has 1 aromatic carbocycles. The molecule has 0 saturated heterocycles. The summed E-state index contributed by atoms with van der Waals surface area (Å²) in [6.07, 6.45) is 0.964. The van der Waals surface area contributed by atoms with E-state index in [0.29, 0.717) is 11.6 Å². The molecule has 0 aliphatic heterocycles. The normalized spacial score (nSPS) is 13.3. The Morgan fingerprint density at radius 2 is 1.89 bits per heavy atom. The SMILES string of the molecule is CC[Si](CC)(CC)OC[C@@H](C=O)c1cccc(Cl)c1. The largest absolute Gasteiger partial charge is 0.416 e. The number of carbonyl (C=O) groups is 1. The van der Waals surface area contributed by atoms with E-state index in [0.717, 1.165) is 30.0 Å². The van der Waals surface area contributed by atoms with Crippen LogP contribution in [0, 0.1) is 0 Å². The second kappa shape index (κ2) is 7.83. The van der Waals surface area contributed by atoms with Crippen LogP contribution in [0.2, 0.25) is 23.2 Å². The minimum atomic E-state index is -1.63. The van der Waals surface area contributed by atoms with E-state index in [9.17, 15) is 4.79 Å². The second-order valence-electron chi connectivity index (χ2n) is 4.85. The van der Waals surface area contributed by atoms with Gasteiger partial charge in [0, 0.05) is 11.6 Å². The molecule has 0 amide bonds. The topological polar surface area (TPSA) is 26.3 Å². The van der Waals surface area contributed by atoms with Crippen molar-refractivity contribution in [1.29, 1.82) is 0 Å². The first kappa shape index (κ1) is 16.4. The Morgan fingerprint density at radius 1 is 1.26 bits per heavy atom. The predicted octanol–water partition coefficient (Wildman–Crippen LogP) is 4.64. The van der Waals surface area contributed by atoms with Crippen molar-refractivity contribution >= 4 is 26.2 Å². The first-order valence-electron chi connectivity index (χ1n) is 6.95. The lowest BCUT2D eigenvalue weighted by atomic mass is 10.0. The molecule has 0 heterocycles. The molecule has 2 nitrogen and oxygen atoms in total. The van der Waals surface area contributed by atoms with Crippen molar-refractivity contribution in [3.8, 4) is 0 Å². The van der Waals surface area contributed by atoms with Crippen molar-refractivity contribution in [2.24, 2.45) is 0 Å². The molecule has 1 aromatic rings. The molecular weight excluding hydrogens is 276 g/mol. The van der Waals surface area contributed by atoms with E-state index in [1.165, 1.54) is 0 Å². The highest BCUT2D eigenvalue weighted by Crippen LogP contribution is 2.25. The van der Waals surface area contributed by atoms with Gasteiger partial charge < -0.3 is 9.22 Å². The van der Waals surface area contributed by atoms with Gasteiger partial charge in [-0.1, -0.05) is 44.5 Å². The summed E-state index contributed by atoms with van der Waals surface area (Å²) in [6, 6.07) is 10.8. The molecular formula is C15H23ClO2Si. The number of hydrogen-bond donors (Lipinski definition) is 0. The highest BCUT2D eigenvalue weighted by atomic mass is 35.5.